The summed E-state index contributed by atoms with van der Waals surface area (Å²) in [7, 11) is 1.34. The highest BCUT2D eigenvalue weighted by molar-refractivity contribution is 6.04. The van der Waals surface area contributed by atoms with E-state index in [0.29, 0.717) is 29.9 Å². The molecular weight excluding hydrogens is 394 g/mol. The summed E-state index contributed by atoms with van der Waals surface area (Å²) in [6.07, 6.45) is 7.22. The van der Waals surface area contributed by atoms with E-state index < -0.39 is 5.97 Å². The van der Waals surface area contributed by atoms with Gasteiger partial charge in [0.25, 0.3) is 0 Å². The molecule has 0 N–H and O–H groups in total. The first-order valence-electron chi connectivity index (χ1n) is 10.9. The Morgan fingerprint density at radius 1 is 1.16 bits per heavy atom. The van der Waals surface area contributed by atoms with E-state index in [0.717, 1.165) is 36.9 Å². The molecule has 2 aromatic rings. The Labute approximate surface area is 183 Å². The van der Waals surface area contributed by atoms with Gasteiger partial charge < -0.3 is 14.2 Å². The number of pyridine rings is 1. The predicted octanol–water partition coefficient (Wildman–Crippen LogP) is 3.71. The first-order valence-corrected chi connectivity index (χ1v) is 10.9. The number of ether oxygens (including phenoxy) is 1. The molecule has 1 saturated carbocycles. The third-order valence-electron chi connectivity index (χ3n) is 6.21. The Morgan fingerprint density at radius 3 is 2.39 bits per heavy atom. The highest BCUT2D eigenvalue weighted by atomic mass is 16.5. The van der Waals surface area contributed by atoms with Crippen LogP contribution in [0.15, 0.2) is 24.5 Å². The molecule has 0 aromatic carbocycles. The average Bonchev–Trinajstić information content (AvgIpc) is 3.39. The fourth-order valence-electron chi connectivity index (χ4n) is 4.66. The Balaban J connectivity index is 1.92. The largest absolute Gasteiger partial charge is 0.464 e. The number of Topliss-reactive ketones (excluding diaryl/α,β-unsaturated/α-hetero) is 1. The van der Waals surface area contributed by atoms with Crippen molar-refractivity contribution in [2.45, 2.75) is 59.5 Å². The molecule has 0 saturated heterocycles. The molecule has 0 spiro atoms. The molecule has 3 rings (SSSR count). The monoisotopic (exact) mass is 425 g/mol. The molecule has 1 aliphatic carbocycles. The van der Waals surface area contributed by atoms with E-state index in [4.69, 9.17) is 4.74 Å². The van der Waals surface area contributed by atoms with Crippen LogP contribution in [0.1, 0.15) is 70.3 Å². The number of carbonyl (C=O) groups is 3. The maximum Gasteiger partial charge on any atom is 0.354 e. The van der Waals surface area contributed by atoms with Gasteiger partial charge in [-0.25, -0.2) is 4.79 Å². The van der Waals surface area contributed by atoms with Crippen molar-refractivity contribution in [1.29, 1.82) is 0 Å². The molecule has 166 valence electrons. The van der Waals surface area contributed by atoms with Crippen LogP contribution in [-0.2, 0) is 22.6 Å². The Kier molecular flexibility index (Phi) is 7.25. The van der Waals surface area contributed by atoms with E-state index in [2.05, 4.69) is 4.98 Å². The van der Waals surface area contributed by atoms with Crippen molar-refractivity contribution in [2.24, 2.45) is 5.92 Å². The molecule has 1 aliphatic rings. The fourth-order valence-corrected chi connectivity index (χ4v) is 4.66. The van der Waals surface area contributed by atoms with Crippen LogP contribution in [0.4, 0.5) is 0 Å². The molecule has 1 fully saturated rings. The van der Waals surface area contributed by atoms with Crippen LogP contribution in [0, 0.1) is 19.8 Å². The van der Waals surface area contributed by atoms with Crippen molar-refractivity contribution in [2.75, 3.05) is 13.7 Å². The average molecular weight is 426 g/mol. The van der Waals surface area contributed by atoms with Gasteiger partial charge in [-0.3, -0.25) is 14.6 Å². The molecule has 7 heteroatoms. The molecule has 0 atom stereocenters. The number of methoxy groups -OCH3 is 1. The van der Waals surface area contributed by atoms with Gasteiger partial charge in [-0.1, -0.05) is 12.8 Å². The normalized spacial score (nSPS) is 13.9. The predicted molar refractivity (Wildman–Crippen MR) is 117 cm³/mol. The van der Waals surface area contributed by atoms with Crippen molar-refractivity contribution >= 4 is 17.7 Å². The van der Waals surface area contributed by atoms with Crippen LogP contribution < -0.4 is 0 Å². The summed E-state index contributed by atoms with van der Waals surface area (Å²) in [6, 6.07) is 3.72. The van der Waals surface area contributed by atoms with Gasteiger partial charge >= 0.3 is 5.97 Å². The number of aromatic nitrogens is 2. The highest BCUT2D eigenvalue weighted by Gasteiger charge is 2.31. The second-order valence-corrected chi connectivity index (χ2v) is 8.12. The second-order valence-electron chi connectivity index (χ2n) is 8.12. The van der Waals surface area contributed by atoms with Crippen LogP contribution in [0.25, 0.3) is 0 Å². The Bertz CT molecular complexity index is 959. The van der Waals surface area contributed by atoms with E-state index in [1.807, 2.05) is 26.0 Å². The topological polar surface area (TPSA) is 81.5 Å². The lowest BCUT2D eigenvalue weighted by molar-refractivity contribution is -0.135. The Hall–Kier alpha value is -2.96. The standard InChI is InChI=1S/C24H31N3O4/c1-5-27-17(3)21(16(2)22(27)24(30)31-4)20(28)15-26(14-18-10-12-25-13-11-18)23(29)19-8-6-7-9-19/h10-13,19H,5-9,14-15H2,1-4H3. The molecule has 31 heavy (non-hydrogen) atoms. The lowest BCUT2D eigenvalue weighted by atomic mass is 10.0. The molecule has 1 amide bonds. The van der Waals surface area contributed by atoms with Crippen molar-refractivity contribution in [3.63, 3.8) is 0 Å². The zero-order valence-electron chi connectivity index (χ0n) is 18.8. The third-order valence-corrected chi connectivity index (χ3v) is 6.21. The number of esters is 1. The van der Waals surface area contributed by atoms with E-state index in [9.17, 15) is 14.4 Å². The quantitative estimate of drug-likeness (QED) is 0.476. The van der Waals surface area contributed by atoms with Crippen molar-refractivity contribution in [3.05, 3.63) is 52.6 Å². The summed E-state index contributed by atoms with van der Waals surface area (Å²) in [5.41, 5.74) is 3.16. The summed E-state index contributed by atoms with van der Waals surface area (Å²) >= 11 is 0. The number of rotatable bonds is 8. The van der Waals surface area contributed by atoms with Crippen molar-refractivity contribution in [1.82, 2.24) is 14.5 Å². The zero-order valence-corrected chi connectivity index (χ0v) is 18.8. The van der Waals surface area contributed by atoms with Crippen molar-refractivity contribution < 1.29 is 19.1 Å². The summed E-state index contributed by atoms with van der Waals surface area (Å²) in [5, 5.41) is 0. The number of amides is 1. The summed E-state index contributed by atoms with van der Waals surface area (Å²) < 4.78 is 6.74. The van der Waals surface area contributed by atoms with Gasteiger partial charge in [0.15, 0.2) is 5.78 Å². The van der Waals surface area contributed by atoms with E-state index in [-0.39, 0.29) is 24.2 Å². The Morgan fingerprint density at radius 2 is 1.81 bits per heavy atom. The third kappa shape index (κ3) is 4.70. The minimum Gasteiger partial charge on any atom is -0.464 e. The lowest BCUT2D eigenvalue weighted by Crippen LogP contribution is -2.38. The number of nitrogens with zero attached hydrogens (tertiary/aromatic N) is 3. The fraction of sp³-hybridized carbons (Fsp3) is 0.500. The molecule has 0 bridgehead atoms. The molecule has 2 aromatic heterocycles. The van der Waals surface area contributed by atoms with Gasteiger partial charge in [-0.15, -0.1) is 0 Å². The van der Waals surface area contributed by atoms with Gasteiger partial charge in [0.1, 0.15) is 5.69 Å². The molecule has 0 radical (unpaired) electrons. The number of ketones is 1. The van der Waals surface area contributed by atoms with Crippen LogP contribution >= 0.6 is 0 Å². The lowest BCUT2D eigenvalue weighted by Gasteiger charge is -2.25. The molecule has 0 unspecified atom stereocenters. The van der Waals surface area contributed by atoms with E-state index in [1.54, 1.807) is 28.8 Å². The van der Waals surface area contributed by atoms with Gasteiger partial charge in [0, 0.05) is 42.7 Å². The van der Waals surface area contributed by atoms with Gasteiger partial charge in [0.05, 0.1) is 13.7 Å². The summed E-state index contributed by atoms with van der Waals surface area (Å²) in [4.78, 5) is 44.7. The minimum atomic E-state index is -0.461. The highest BCUT2D eigenvalue weighted by Crippen LogP contribution is 2.28. The van der Waals surface area contributed by atoms with Gasteiger partial charge in [-0.05, 0) is 56.9 Å². The maximum absolute atomic E-state index is 13.4. The SMILES string of the molecule is CCn1c(C)c(C(=O)CN(Cc2ccncc2)C(=O)C2CCCC2)c(C)c1C(=O)OC. The molecule has 0 aliphatic heterocycles. The molecule has 2 heterocycles. The van der Waals surface area contributed by atoms with Crippen LogP contribution in [0.2, 0.25) is 0 Å². The van der Waals surface area contributed by atoms with Gasteiger partial charge in [-0.2, -0.15) is 0 Å². The smallest absolute Gasteiger partial charge is 0.354 e. The van der Waals surface area contributed by atoms with Crippen LogP contribution in [0.5, 0.6) is 0 Å². The van der Waals surface area contributed by atoms with Crippen molar-refractivity contribution in [3.8, 4) is 0 Å². The van der Waals surface area contributed by atoms with E-state index >= 15 is 0 Å². The van der Waals surface area contributed by atoms with E-state index in [1.165, 1.54) is 7.11 Å². The summed E-state index contributed by atoms with van der Waals surface area (Å²) in [5.74, 6) is -0.617. The minimum absolute atomic E-state index is 0.0202. The number of hydrogen-bond donors (Lipinski definition) is 0. The van der Waals surface area contributed by atoms with Crippen LogP contribution in [-0.4, -0.2) is 45.8 Å². The zero-order chi connectivity index (χ0) is 22.5. The van der Waals surface area contributed by atoms with Gasteiger partial charge in [0.2, 0.25) is 5.91 Å². The number of hydrogen-bond acceptors (Lipinski definition) is 5. The maximum atomic E-state index is 13.4. The van der Waals surface area contributed by atoms with Crippen LogP contribution in [0.3, 0.4) is 0 Å². The first kappa shape index (κ1) is 22.7. The number of carbonyl (C=O) groups excluding carboxylic acids is 3. The first-order chi connectivity index (χ1) is 14.9. The summed E-state index contributed by atoms with van der Waals surface area (Å²) in [6.45, 7) is 6.42. The molecule has 7 nitrogen and oxygen atoms in total. The second kappa shape index (κ2) is 9.90. The molecular formula is C24H31N3O4.